The third kappa shape index (κ3) is 1.19. The predicted octanol–water partition coefficient (Wildman–Crippen LogP) is 3.51. The molecule has 0 spiro atoms. The molecule has 1 fully saturated rings. The zero-order chi connectivity index (χ0) is 8.77. The minimum atomic E-state index is -0.687. The molecule has 66 valence electrons. The van der Waals surface area contributed by atoms with Crippen LogP contribution in [0.4, 0.5) is 8.78 Å². The van der Waals surface area contributed by atoms with E-state index in [0.29, 0.717) is 5.92 Å². The molecule has 1 atom stereocenters. The molecule has 2 aliphatic rings. The molecule has 12 heavy (non-hydrogen) atoms. The molecule has 0 amide bonds. The summed E-state index contributed by atoms with van der Waals surface area (Å²) in [4.78, 5) is 0. The standard InChI is InChI=1S/C10H12F2/c1-10(7-2-3-7)5-4-8(11)9(12)6-10/h4-5,7H,2-3,6H2,1H3. The van der Waals surface area contributed by atoms with E-state index < -0.39 is 11.7 Å². The van der Waals surface area contributed by atoms with Crippen molar-refractivity contribution in [2.75, 3.05) is 0 Å². The molecule has 1 unspecified atom stereocenters. The first-order chi connectivity index (χ1) is 5.62. The lowest BCUT2D eigenvalue weighted by molar-refractivity contribution is 0.315. The maximum atomic E-state index is 12.9. The zero-order valence-electron chi connectivity index (χ0n) is 7.11. The van der Waals surface area contributed by atoms with Crippen molar-refractivity contribution in [1.82, 2.24) is 0 Å². The van der Waals surface area contributed by atoms with E-state index in [1.54, 1.807) is 0 Å². The zero-order valence-corrected chi connectivity index (χ0v) is 7.11. The van der Waals surface area contributed by atoms with Crippen molar-refractivity contribution in [2.45, 2.75) is 26.2 Å². The van der Waals surface area contributed by atoms with Gasteiger partial charge in [0.1, 0.15) is 5.83 Å². The molecule has 0 aliphatic heterocycles. The second kappa shape index (κ2) is 2.41. The first-order valence-corrected chi connectivity index (χ1v) is 4.35. The second-order valence-corrected chi connectivity index (χ2v) is 4.04. The van der Waals surface area contributed by atoms with Crippen molar-refractivity contribution < 1.29 is 8.78 Å². The highest BCUT2D eigenvalue weighted by molar-refractivity contribution is 5.26. The van der Waals surface area contributed by atoms with Crippen LogP contribution in [0.5, 0.6) is 0 Å². The van der Waals surface area contributed by atoms with Gasteiger partial charge in [0.25, 0.3) is 0 Å². The van der Waals surface area contributed by atoms with Crippen LogP contribution in [0, 0.1) is 11.3 Å². The van der Waals surface area contributed by atoms with Crippen LogP contribution in [0.25, 0.3) is 0 Å². The van der Waals surface area contributed by atoms with Crippen LogP contribution in [0.3, 0.4) is 0 Å². The molecule has 0 saturated heterocycles. The van der Waals surface area contributed by atoms with Crippen LogP contribution in [-0.4, -0.2) is 0 Å². The molecule has 0 nitrogen and oxygen atoms in total. The SMILES string of the molecule is CC1(C2CC2)C=CC(F)=C(F)C1. The van der Waals surface area contributed by atoms with Gasteiger partial charge >= 0.3 is 0 Å². The van der Waals surface area contributed by atoms with Crippen molar-refractivity contribution >= 4 is 0 Å². The summed E-state index contributed by atoms with van der Waals surface area (Å²) in [6.45, 7) is 2.01. The molecular weight excluding hydrogens is 158 g/mol. The molecule has 0 aromatic carbocycles. The van der Waals surface area contributed by atoms with Gasteiger partial charge in [-0.15, -0.1) is 0 Å². The Morgan fingerprint density at radius 1 is 1.42 bits per heavy atom. The normalized spacial score (nSPS) is 35.9. The van der Waals surface area contributed by atoms with Gasteiger partial charge in [0, 0.05) is 6.42 Å². The topological polar surface area (TPSA) is 0 Å². The van der Waals surface area contributed by atoms with E-state index in [-0.39, 0.29) is 11.8 Å². The van der Waals surface area contributed by atoms with Gasteiger partial charge in [-0.05, 0) is 30.3 Å². The number of rotatable bonds is 1. The van der Waals surface area contributed by atoms with Gasteiger partial charge in [0.2, 0.25) is 0 Å². The van der Waals surface area contributed by atoms with E-state index in [2.05, 4.69) is 0 Å². The molecule has 0 aromatic rings. The van der Waals surface area contributed by atoms with Gasteiger partial charge in [-0.2, -0.15) is 0 Å². The van der Waals surface area contributed by atoms with E-state index in [9.17, 15) is 8.78 Å². The van der Waals surface area contributed by atoms with Crippen LogP contribution in [0.1, 0.15) is 26.2 Å². The summed E-state index contributed by atoms with van der Waals surface area (Å²) in [5, 5.41) is 0. The predicted molar refractivity (Wildman–Crippen MR) is 43.8 cm³/mol. The molecule has 0 aromatic heterocycles. The minimum absolute atomic E-state index is 0.111. The fourth-order valence-corrected chi connectivity index (χ4v) is 1.85. The number of halogens is 2. The van der Waals surface area contributed by atoms with Gasteiger partial charge in [-0.1, -0.05) is 13.0 Å². The van der Waals surface area contributed by atoms with E-state index in [1.807, 2.05) is 13.0 Å². The summed E-state index contributed by atoms with van der Waals surface area (Å²) in [6, 6.07) is 0. The summed E-state index contributed by atoms with van der Waals surface area (Å²) < 4.78 is 25.5. The fourth-order valence-electron chi connectivity index (χ4n) is 1.85. The molecule has 0 radical (unpaired) electrons. The maximum absolute atomic E-state index is 12.9. The lowest BCUT2D eigenvalue weighted by Gasteiger charge is -2.27. The minimum Gasteiger partial charge on any atom is -0.209 e. The van der Waals surface area contributed by atoms with E-state index in [0.717, 1.165) is 12.8 Å². The monoisotopic (exact) mass is 170 g/mol. The van der Waals surface area contributed by atoms with Crippen LogP contribution < -0.4 is 0 Å². The Morgan fingerprint density at radius 3 is 2.58 bits per heavy atom. The van der Waals surface area contributed by atoms with E-state index >= 15 is 0 Å². The Kier molecular flexibility index (Phi) is 1.60. The van der Waals surface area contributed by atoms with Gasteiger partial charge in [-0.3, -0.25) is 0 Å². The van der Waals surface area contributed by atoms with E-state index in [4.69, 9.17) is 0 Å². The molecule has 0 heterocycles. The van der Waals surface area contributed by atoms with Crippen molar-refractivity contribution in [3.8, 4) is 0 Å². The molecule has 0 N–H and O–H groups in total. The Bertz CT molecular complexity index is 261. The summed E-state index contributed by atoms with van der Waals surface area (Å²) in [7, 11) is 0. The summed E-state index contributed by atoms with van der Waals surface area (Å²) >= 11 is 0. The quantitative estimate of drug-likeness (QED) is 0.564. The van der Waals surface area contributed by atoms with Crippen molar-refractivity contribution in [3.05, 3.63) is 23.8 Å². The van der Waals surface area contributed by atoms with Gasteiger partial charge in [0.05, 0.1) is 0 Å². The van der Waals surface area contributed by atoms with Crippen LogP contribution in [0.2, 0.25) is 0 Å². The Morgan fingerprint density at radius 2 is 2.08 bits per heavy atom. The smallest absolute Gasteiger partial charge is 0.154 e. The van der Waals surface area contributed by atoms with Gasteiger partial charge < -0.3 is 0 Å². The van der Waals surface area contributed by atoms with Crippen LogP contribution in [0.15, 0.2) is 23.8 Å². The lowest BCUT2D eigenvalue weighted by atomic mass is 9.78. The average molecular weight is 170 g/mol. The third-order valence-corrected chi connectivity index (χ3v) is 2.92. The second-order valence-electron chi connectivity index (χ2n) is 4.04. The molecule has 2 heteroatoms. The van der Waals surface area contributed by atoms with E-state index in [1.165, 1.54) is 6.08 Å². The largest absolute Gasteiger partial charge is 0.209 e. The molecular formula is C10H12F2. The highest BCUT2D eigenvalue weighted by atomic mass is 19.2. The Hall–Kier alpha value is -0.660. The maximum Gasteiger partial charge on any atom is 0.154 e. The number of hydrogen-bond donors (Lipinski definition) is 0. The van der Waals surface area contributed by atoms with Gasteiger partial charge in [0.15, 0.2) is 5.83 Å². The van der Waals surface area contributed by atoms with Crippen molar-refractivity contribution in [2.24, 2.45) is 11.3 Å². The number of hydrogen-bond acceptors (Lipinski definition) is 0. The Labute approximate surface area is 71.0 Å². The summed E-state index contributed by atoms with van der Waals surface area (Å²) in [6.07, 6.45) is 5.67. The van der Waals surface area contributed by atoms with Gasteiger partial charge in [-0.25, -0.2) is 8.78 Å². The van der Waals surface area contributed by atoms with Crippen LogP contribution >= 0.6 is 0 Å². The fraction of sp³-hybridized carbons (Fsp3) is 0.600. The highest BCUT2D eigenvalue weighted by Gasteiger charge is 2.41. The first kappa shape index (κ1) is 7.96. The molecule has 2 rings (SSSR count). The Balaban J connectivity index is 2.20. The highest BCUT2D eigenvalue weighted by Crippen LogP contribution is 2.51. The summed E-state index contributed by atoms with van der Waals surface area (Å²) in [5.41, 5.74) is -0.111. The third-order valence-electron chi connectivity index (χ3n) is 2.92. The lowest BCUT2D eigenvalue weighted by Crippen LogP contribution is -2.18. The number of allylic oxidation sites excluding steroid dienone is 4. The first-order valence-electron chi connectivity index (χ1n) is 4.35. The summed E-state index contributed by atoms with van der Waals surface area (Å²) in [5.74, 6) is -0.687. The van der Waals surface area contributed by atoms with Crippen molar-refractivity contribution in [3.63, 3.8) is 0 Å². The van der Waals surface area contributed by atoms with Crippen molar-refractivity contribution in [1.29, 1.82) is 0 Å². The molecule has 2 aliphatic carbocycles. The molecule has 1 saturated carbocycles. The van der Waals surface area contributed by atoms with Crippen LogP contribution in [-0.2, 0) is 0 Å². The average Bonchev–Trinajstić information content (AvgIpc) is 2.79. The molecule has 0 bridgehead atoms.